The van der Waals surface area contributed by atoms with E-state index < -0.39 is 0 Å². The molecule has 1 aliphatic rings. The maximum atomic E-state index is 4.37. The van der Waals surface area contributed by atoms with Gasteiger partial charge in [-0.1, -0.05) is 20.3 Å². The van der Waals surface area contributed by atoms with Gasteiger partial charge in [-0.2, -0.15) is 0 Å². The number of nitrogens with zero attached hydrogens (tertiary/aromatic N) is 2. The molecule has 0 radical (unpaired) electrons. The molecule has 4 heteroatoms. The molecule has 1 heterocycles. The van der Waals surface area contributed by atoms with Crippen molar-refractivity contribution in [3.8, 4) is 0 Å². The monoisotopic (exact) mass is 309 g/mol. The number of aromatic nitrogens is 1. The molecule has 3 unspecified atom stereocenters. The molecule has 0 amide bonds. The minimum atomic E-state index is 0.711. The topological polar surface area (TPSA) is 28.2 Å². The highest BCUT2D eigenvalue weighted by atomic mass is 32.1. The molecular formula is C17H31N3S. The molecule has 3 atom stereocenters. The van der Waals surface area contributed by atoms with E-state index >= 15 is 0 Å². The number of hydrogen-bond acceptors (Lipinski definition) is 4. The zero-order valence-electron chi connectivity index (χ0n) is 14.1. The minimum absolute atomic E-state index is 0.711. The Morgan fingerprint density at radius 2 is 2.19 bits per heavy atom. The third-order valence-electron chi connectivity index (χ3n) is 4.94. The molecule has 0 aliphatic heterocycles. The van der Waals surface area contributed by atoms with E-state index in [-0.39, 0.29) is 0 Å². The highest BCUT2D eigenvalue weighted by Crippen LogP contribution is 2.32. The van der Waals surface area contributed by atoms with Gasteiger partial charge in [-0.05, 0) is 51.6 Å². The van der Waals surface area contributed by atoms with E-state index in [2.05, 4.69) is 43.0 Å². The molecule has 0 saturated heterocycles. The van der Waals surface area contributed by atoms with Crippen LogP contribution in [-0.2, 0) is 6.54 Å². The van der Waals surface area contributed by atoms with Crippen LogP contribution >= 0.6 is 11.3 Å². The van der Waals surface area contributed by atoms with Crippen molar-refractivity contribution in [2.75, 3.05) is 20.1 Å². The molecule has 2 rings (SSSR count). The van der Waals surface area contributed by atoms with Crippen LogP contribution in [0.3, 0.4) is 0 Å². The third kappa shape index (κ3) is 4.76. The van der Waals surface area contributed by atoms with Gasteiger partial charge in [0.1, 0.15) is 0 Å². The first-order valence-corrected chi connectivity index (χ1v) is 9.32. The molecule has 1 fully saturated rings. The van der Waals surface area contributed by atoms with Crippen LogP contribution in [0.15, 0.2) is 5.51 Å². The molecular weight excluding hydrogens is 278 g/mol. The van der Waals surface area contributed by atoms with Crippen LogP contribution in [0.25, 0.3) is 0 Å². The lowest BCUT2D eigenvalue weighted by Crippen LogP contribution is -2.45. The smallest absolute Gasteiger partial charge is 0.0798 e. The van der Waals surface area contributed by atoms with Gasteiger partial charge < -0.3 is 10.2 Å². The summed E-state index contributed by atoms with van der Waals surface area (Å²) >= 11 is 1.79. The normalized spacial score (nSPS) is 26.4. The number of nitrogens with one attached hydrogen (secondary N) is 1. The second kappa shape index (κ2) is 8.25. The molecule has 21 heavy (non-hydrogen) atoms. The summed E-state index contributed by atoms with van der Waals surface area (Å²) in [4.78, 5) is 8.28. The number of rotatable bonds is 7. The second-order valence-corrected chi connectivity index (χ2v) is 7.51. The van der Waals surface area contributed by atoms with Gasteiger partial charge in [-0.15, -0.1) is 11.3 Å². The van der Waals surface area contributed by atoms with Gasteiger partial charge in [-0.25, -0.2) is 4.98 Å². The van der Waals surface area contributed by atoms with Crippen LogP contribution in [0, 0.1) is 18.8 Å². The Bertz CT molecular complexity index is 418. The summed E-state index contributed by atoms with van der Waals surface area (Å²) in [5.41, 5.74) is 3.17. The van der Waals surface area contributed by atoms with Crippen molar-refractivity contribution in [2.45, 2.75) is 59.0 Å². The molecule has 1 saturated carbocycles. The van der Waals surface area contributed by atoms with Crippen molar-refractivity contribution < 1.29 is 0 Å². The van der Waals surface area contributed by atoms with Crippen LogP contribution in [-0.4, -0.2) is 36.1 Å². The summed E-state index contributed by atoms with van der Waals surface area (Å²) < 4.78 is 0. The maximum absolute atomic E-state index is 4.37. The zero-order valence-corrected chi connectivity index (χ0v) is 14.9. The zero-order chi connectivity index (χ0) is 15.2. The Hall–Kier alpha value is -0.450. The van der Waals surface area contributed by atoms with Crippen molar-refractivity contribution in [1.29, 1.82) is 0 Å². The lowest BCUT2D eigenvalue weighted by atomic mass is 9.76. The Balaban J connectivity index is 1.91. The second-order valence-electron chi connectivity index (χ2n) is 6.57. The molecule has 1 aliphatic carbocycles. The van der Waals surface area contributed by atoms with Crippen LogP contribution in [0.1, 0.15) is 50.1 Å². The molecule has 1 aromatic rings. The summed E-state index contributed by atoms with van der Waals surface area (Å²) in [7, 11) is 2.26. The summed E-state index contributed by atoms with van der Waals surface area (Å²) in [5, 5.41) is 3.72. The highest BCUT2D eigenvalue weighted by Gasteiger charge is 2.29. The fourth-order valence-electron chi connectivity index (χ4n) is 3.65. The van der Waals surface area contributed by atoms with E-state index in [1.54, 1.807) is 11.3 Å². The van der Waals surface area contributed by atoms with Gasteiger partial charge in [-0.3, -0.25) is 0 Å². The summed E-state index contributed by atoms with van der Waals surface area (Å²) in [6, 6.07) is 0.711. The Kier molecular flexibility index (Phi) is 6.65. The summed E-state index contributed by atoms with van der Waals surface area (Å²) in [6.45, 7) is 10.0. The Morgan fingerprint density at radius 3 is 2.81 bits per heavy atom. The van der Waals surface area contributed by atoms with Crippen LogP contribution in [0.5, 0.6) is 0 Å². The van der Waals surface area contributed by atoms with Crippen molar-refractivity contribution in [2.24, 2.45) is 11.8 Å². The van der Waals surface area contributed by atoms with Gasteiger partial charge >= 0.3 is 0 Å². The van der Waals surface area contributed by atoms with E-state index in [1.165, 1.54) is 42.8 Å². The number of aryl methyl sites for hydroxylation is 1. The van der Waals surface area contributed by atoms with E-state index in [1.807, 2.05) is 5.51 Å². The van der Waals surface area contributed by atoms with Gasteiger partial charge in [0, 0.05) is 24.0 Å². The van der Waals surface area contributed by atoms with Crippen LogP contribution in [0.4, 0.5) is 0 Å². The minimum Gasteiger partial charge on any atom is -0.314 e. The van der Waals surface area contributed by atoms with Crippen molar-refractivity contribution in [1.82, 2.24) is 15.2 Å². The first kappa shape index (κ1) is 16.9. The average molecular weight is 310 g/mol. The Labute approximate surface area is 134 Å². The first-order valence-electron chi connectivity index (χ1n) is 8.44. The fourth-order valence-corrected chi connectivity index (χ4v) is 4.51. The Morgan fingerprint density at radius 1 is 1.38 bits per heavy atom. The van der Waals surface area contributed by atoms with Gasteiger partial charge in [0.15, 0.2) is 0 Å². The van der Waals surface area contributed by atoms with Crippen LogP contribution < -0.4 is 5.32 Å². The van der Waals surface area contributed by atoms with Gasteiger partial charge in [0.25, 0.3) is 0 Å². The standard InChI is InChI=1S/C17H31N3S/c1-5-14-7-8-16(18-6-2)15(9-14)10-20(4)11-17-13(3)19-12-21-17/h12,14-16,18H,5-11H2,1-4H3. The quantitative estimate of drug-likeness (QED) is 0.832. The molecule has 0 spiro atoms. The fraction of sp³-hybridized carbons (Fsp3) is 0.824. The molecule has 0 aromatic carbocycles. The van der Waals surface area contributed by atoms with Crippen molar-refractivity contribution in [3.05, 3.63) is 16.1 Å². The van der Waals surface area contributed by atoms with E-state index in [9.17, 15) is 0 Å². The maximum Gasteiger partial charge on any atom is 0.0798 e. The summed E-state index contributed by atoms with van der Waals surface area (Å²) in [5.74, 6) is 1.73. The summed E-state index contributed by atoms with van der Waals surface area (Å²) in [6.07, 6.45) is 5.49. The lowest BCUT2D eigenvalue weighted by Gasteiger charge is -2.38. The predicted octanol–water partition coefficient (Wildman–Crippen LogP) is 3.69. The average Bonchev–Trinajstić information content (AvgIpc) is 2.86. The predicted molar refractivity (Wildman–Crippen MR) is 91.8 cm³/mol. The van der Waals surface area contributed by atoms with Crippen LogP contribution in [0.2, 0.25) is 0 Å². The SMILES string of the molecule is CCNC1CCC(CC)CC1CN(C)Cc1scnc1C. The van der Waals surface area contributed by atoms with Crippen molar-refractivity contribution in [3.63, 3.8) is 0 Å². The van der Waals surface area contributed by atoms with Gasteiger partial charge in [0.05, 0.1) is 11.2 Å². The largest absolute Gasteiger partial charge is 0.314 e. The van der Waals surface area contributed by atoms with Crippen molar-refractivity contribution >= 4 is 11.3 Å². The lowest BCUT2D eigenvalue weighted by molar-refractivity contribution is 0.150. The molecule has 0 bridgehead atoms. The molecule has 1 aromatic heterocycles. The third-order valence-corrected chi connectivity index (χ3v) is 5.86. The molecule has 1 N–H and O–H groups in total. The molecule has 3 nitrogen and oxygen atoms in total. The van der Waals surface area contributed by atoms with Gasteiger partial charge in [0.2, 0.25) is 0 Å². The first-order chi connectivity index (χ1) is 10.1. The highest BCUT2D eigenvalue weighted by molar-refractivity contribution is 7.09. The number of thiazole rings is 1. The molecule has 120 valence electrons. The van der Waals surface area contributed by atoms with E-state index in [0.29, 0.717) is 6.04 Å². The number of hydrogen-bond donors (Lipinski definition) is 1. The van der Waals surface area contributed by atoms with E-state index in [0.717, 1.165) is 24.9 Å². The van der Waals surface area contributed by atoms with E-state index in [4.69, 9.17) is 0 Å².